The second-order valence-electron chi connectivity index (χ2n) is 3.76. The Balaban J connectivity index is 2.66. The van der Waals surface area contributed by atoms with Crippen LogP contribution < -0.4 is 11.3 Å². The van der Waals surface area contributed by atoms with Gasteiger partial charge < -0.3 is 4.74 Å². The lowest BCUT2D eigenvalue weighted by atomic mass is 10.0. The standard InChI is InChI=1S/C12H18F2N2O/c1-2-7-17-8-6-11(16-15)12-9(13)4-3-5-10(12)14/h3-5,11,16H,2,6-8,15H2,1H3. The van der Waals surface area contributed by atoms with Gasteiger partial charge in [-0.1, -0.05) is 13.0 Å². The van der Waals surface area contributed by atoms with Crippen LogP contribution in [-0.2, 0) is 4.74 Å². The van der Waals surface area contributed by atoms with Gasteiger partial charge in [-0.15, -0.1) is 0 Å². The average molecular weight is 244 g/mol. The molecule has 17 heavy (non-hydrogen) atoms. The van der Waals surface area contributed by atoms with Crippen LogP contribution >= 0.6 is 0 Å². The molecule has 1 aromatic carbocycles. The lowest BCUT2D eigenvalue weighted by Gasteiger charge is -2.17. The molecule has 0 radical (unpaired) electrons. The first-order valence-corrected chi connectivity index (χ1v) is 5.68. The Morgan fingerprint density at radius 1 is 1.29 bits per heavy atom. The topological polar surface area (TPSA) is 47.3 Å². The molecule has 5 heteroatoms. The first kappa shape index (κ1) is 14.0. The van der Waals surface area contributed by atoms with Crippen LogP contribution in [0.15, 0.2) is 18.2 Å². The summed E-state index contributed by atoms with van der Waals surface area (Å²) in [6.07, 6.45) is 1.34. The highest BCUT2D eigenvalue weighted by atomic mass is 19.1. The molecule has 0 spiro atoms. The maximum atomic E-state index is 13.5. The molecular formula is C12H18F2N2O. The van der Waals surface area contributed by atoms with E-state index in [1.165, 1.54) is 18.2 Å². The molecule has 0 aliphatic carbocycles. The molecule has 0 amide bonds. The molecule has 0 saturated heterocycles. The average Bonchev–Trinajstić information content (AvgIpc) is 2.31. The molecule has 1 rings (SSSR count). The van der Waals surface area contributed by atoms with Crippen molar-refractivity contribution >= 4 is 0 Å². The summed E-state index contributed by atoms with van der Waals surface area (Å²) < 4.78 is 32.2. The van der Waals surface area contributed by atoms with Crippen LogP contribution in [0.2, 0.25) is 0 Å². The van der Waals surface area contributed by atoms with Crippen molar-refractivity contribution in [2.75, 3.05) is 13.2 Å². The minimum atomic E-state index is -0.594. The summed E-state index contributed by atoms with van der Waals surface area (Å²) in [6.45, 7) is 3.04. The first-order chi connectivity index (χ1) is 8.20. The fraction of sp³-hybridized carbons (Fsp3) is 0.500. The van der Waals surface area contributed by atoms with Crippen LogP contribution in [0.3, 0.4) is 0 Å². The van der Waals surface area contributed by atoms with Gasteiger partial charge >= 0.3 is 0 Å². The zero-order valence-electron chi connectivity index (χ0n) is 9.88. The Labute approximate surface area is 99.9 Å². The van der Waals surface area contributed by atoms with Crippen LogP contribution in [-0.4, -0.2) is 13.2 Å². The Morgan fingerprint density at radius 2 is 1.94 bits per heavy atom. The summed E-state index contributed by atoms with van der Waals surface area (Å²) in [5, 5.41) is 0. The van der Waals surface area contributed by atoms with Crippen LogP contribution in [0.1, 0.15) is 31.4 Å². The molecule has 1 atom stereocenters. The molecular weight excluding hydrogens is 226 g/mol. The van der Waals surface area contributed by atoms with Gasteiger partial charge in [0, 0.05) is 18.8 Å². The fourth-order valence-corrected chi connectivity index (χ4v) is 1.60. The van der Waals surface area contributed by atoms with Crippen molar-refractivity contribution in [1.29, 1.82) is 0 Å². The number of nitrogens with two attached hydrogens (primary N) is 1. The van der Waals surface area contributed by atoms with Gasteiger partial charge in [0.05, 0.1) is 6.04 Å². The highest BCUT2D eigenvalue weighted by Crippen LogP contribution is 2.22. The molecule has 3 nitrogen and oxygen atoms in total. The number of hydrazine groups is 1. The van der Waals surface area contributed by atoms with Crippen LogP contribution in [0.25, 0.3) is 0 Å². The monoisotopic (exact) mass is 244 g/mol. The predicted molar refractivity (Wildman–Crippen MR) is 62.1 cm³/mol. The van der Waals surface area contributed by atoms with Crippen molar-refractivity contribution in [3.05, 3.63) is 35.4 Å². The zero-order valence-corrected chi connectivity index (χ0v) is 9.88. The fourth-order valence-electron chi connectivity index (χ4n) is 1.60. The number of hydrogen-bond acceptors (Lipinski definition) is 3. The van der Waals surface area contributed by atoms with Gasteiger partial charge in [0.1, 0.15) is 11.6 Å². The molecule has 0 heterocycles. The van der Waals surface area contributed by atoms with E-state index in [2.05, 4.69) is 5.43 Å². The molecule has 1 aromatic rings. The van der Waals surface area contributed by atoms with E-state index < -0.39 is 17.7 Å². The van der Waals surface area contributed by atoms with E-state index in [0.29, 0.717) is 19.6 Å². The van der Waals surface area contributed by atoms with Crippen molar-refractivity contribution in [1.82, 2.24) is 5.43 Å². The second kappa shape index (κ2) is 7.32. The number of rotatable bonds is 7. The number of benzene rings is 1. The number of hydrogen-bond donors (Lipinski definition) is 2. The Hall–Kier alpha value is -1.04. The molecule has 0 bridgehead atoms. The van der Waals surface area contributed by atoms with Gasteiger partial charge in [0.2, 0.25) is 0 Å². The van der Waals surface area contributed by atoms with Gasteiger partial charge in [-0.05, 0) is 25.0 Å². The smallest absolute Gasteiger partial charge is 0.130 e. The van der Waals surface area contributed by atoms with Crippen LogP contribution in [0, 0.1) is 11.6 Å². The molecule has 96 valence electrons. The number of halogens is 2. The van der Waals surface area contributed by atoms with Crippen molar-refractivity contribution in [3.8, 4) is 0 Å². The molecule has 0 aromatic heterocycles. The van der Waals surface area contributed by atoms with Crippen molar-refractivity contribution in [2.24, 2.45) is 5.84 Å². The van der Waals surface area contributed by atoms with E-state index in [-0.39, 0.29) is 5.56 Å². The van der Waals surface area contributed by atoms with Crippen molar-refractivity contribution in [3.63, 3.8) is 0 Å². The normalized spacial score (nSPS) is 12.7. The summed E-state index contributed by atoms with van der Waals surface area (Å²) in [5.41, 5.74) is 2.38. The minimum Gasteiger partial charge on any atom is -0.381 e. The summed E-state index contributed by atoms with van der Waals surface area (Å²) in [4.78, 5) is 0. The van der Waals surface area contributed by atoms with Crippen LogP contribution in [0.5, 0.6) is 0 Å². The molecule has 1 unspecified atom stereocenters. The second-order valence-corrected chi connectivity index (χ2v) is 3.76. The van der Waals surface area contributed by atoms with Gasteiger partial charge in [-0.2, -0.15) is 0 Å². The maximum absolute atomic E-state index is 13.5. The van der Waals surface area contributed by atoms with E-state index in [4.69, 9.17) is 10.6 Å². The van der Waals surface area contributed by atoms with Crippen molar-refractivity contribution in [2.45, 2.75) is 25.8 Å². The lowest BCUT2D eigenvalue weighted by Crippen LogP contribution is -2.30. The largest absolute Gasteiger partial charge is 0.381 e. The summed E-state index contributed by atoms with van der Waals surface area (Å²) in [5.74, 6) is 4.13. The van der Waals surface area contributed by atoms with Gasteiger partial charge in [-0.25, -0.2) is 8.78 Å². The van der Waals surface area contributed by atoms with Gasteiger partial charge in [-0.3, -0.25) is 11.3 Å². The SMILES string of the molecule is CCCOCCC(NN)c1c(F)cccc1F. The van der Waals surface area contributed by atoms with E-state index in [9.17, 15) is 8.78 Å². The van der Waals surface area contributed by atoms with Gasteiger partial charge in [0.15, 0.2) is 0 Å². The zero-order chi connectivity index (χ0) is 12.7. The quantitative estimate of drug-likeness (QED) is 0.439. The number of nitrogens with one attached hydrogen (secondary N) is 1. The number of ether oxygens (including phenoxy) is 1. The first-order valence-electron chi connectivity index (χ1n) is 5.68. The predicted octanol–water partition coefficient (Wildman–Crippen LogP) is 2.29. The molecule has 0 fully saturated rings. The summed E-state index contributed by atoms with van der Waals surface area (Å²) in [6, 6.07) is 3.19. The van der Waals surface area contributed by atoms with E-state index in [1.54, 1.807) is 0 Å². The molecule has 0 aliphatic rings. The maximum Gasteiger partial charge on any atom is 0.130 e. The Morgan fingerprint density at radius 3 is 2.47 bits per heavy atom. The van der Waals surface area contributed by atoms with Crippen LogP contribution in [0.4, 0.5) is 8.78 Å². The van der Waals surface area contributed by atoms with E-state index in [1.807, 2.05) is 6.92 Å². The molecule has 0 aliphatic heterocycles. The summed E-state index contributed by atoms with van der Waals surface area (Å²) in [7, 11) is 0. The third kappa shape index (κ3) is 4.03. The van der Waals surface area contributed by atoms with E-state index in [0.717, 1.165) is 6.42 Å². The highest BCUT2D eigenvalue weighted by Gasteiger charge is 2.18. The third-order valence-corrected chi connectivity index (χ3v) is 2.45. The Bertz CT molecular complexity index is 327. The van der Waals surface area contributed by atoms with E-state index >= 15 is 0 Å². The van der Waals surface area contributed by atoms with Crippen molar-refractivity contribution < 1.29 is 13.5 Å². The molecule has 0 saturated carbocycles. The minimum absolute atomic E-state index is 0.0323. The van der Waals surface area contributed by atoms with Gasteiger partial charge in [0.25, 0.3) is 0 Å². The Kier molecular flexibility index (Phi) is 6.04. The summed E-state index contributed by atoms with van der Waals surface area (Å²) >= 11 is 0. The lowest BCUT2D eigenvalue weighted by molar-refractivity contribution is 0.124. The molecule has 3 N–H and O–H groups in total. The third-order valence-electron chi connectivity index (χ3n) is 2.45. The highest BCUT2D eigenvalue weighted by molar-refractivity contribution is 5.23.